The van der Waals surface area contributed by atoms with Crippen LogP contribution >= 0.6 is 11.6 Å². The van der Waals surface area contributed by atoms with Crippen LogP contribution in [0.1, 0.15) is 37.8 Å². The Labute approximate surface area is 134 Å². The van der Waals surface area contributed by atoms with Crippen LogP contribution in [-0.2, 0) is 14.3 Å². The third-order valence-corrected chi connectivity index (χ3v) is 3.16. The fourth-order valence-corrected chi connectivity index (χ4v) is 2.09. The predicted octanol–water partition coefficient (Wildman–Crippen LogP) is 3.17. The smallest absolute Gasteiger partial charge is 0.309 e. The molecule has 0 bridgehead atoms. The van der Waals surface area contributed by atoms with E-state index in [1.165, 1.54) is 6.08 Å². The Kier molecular flexibility index (Phi) is 6.92. The van der Waals surface area contributed by atoms with Crippen LogP contribution in [0.3, 0.4) is 0 Å². The largest absolute Gasteiger partial charge is 0.506 e. The first-order valence-electron chi connectivity index (χ1n) is 7.04. The molecule has 0 saturated heterocycles. The number of phenols is 1. The molecule has 0 aliphatic heterocycles. The van der Waals surface area contributed by atoms with E-state index < -0.39 is 5.97 Å². The van der Waals surface area contributed by atoms with Gasteiger partial charge in [-0.15, -0.1) is 0 Å². The molecule has 1 rings (SSSR count). The third kappa shape index (κ3) is 5.07. The first-order valence-corrected chi connectivity index (χ1v) is 7.41. The molecule has 0 spiro atoms. The van der Waals surface area contributed by atoms with Gasteiger partial charge in [0.25, 0.3) is 0 Å². The van der Waals surface area contributed by atoms with Crippen LogP contribution in [0.5, 0.6) is 5.75 Å². The topological polar surface area (TPSA) is 75.6 Å². The van der Waals surface area contributed by atoms with Crippen LogP contribution in [0, 0.1) is 6.92 Å². The Morgan fingerprint density at radius 2 is 2.05 bits per heavy atom. The minimum Gasteiger partial charge on any atom is -0.506 e. The Morgan fingerprint density at radius 1 is 1.36 bits per heavy atom. The highest BCUT2D eigenvalue weighted by atomic mass is 35.5. The van der Waals surface area contributed by atoms with E-state index >= 15 is 0 Å². The Hall–Kier alpha value is -2.01. The summed E-state index contributed by atoms with van der Waals surface area (Å²) in [5.41, 5.74) is 1.53. The molecule has 0 radical (unpaired) electrons. The van der Waals surface area contributed by atoms with Gasteiger partial charge in [0, 0.05) is 17.7 Å². The van der Waals surface area contributed by atoms with Crippen molar-refractivity contribution in [2.75, 3.05) is 6.61 Å². The highest BCUT2D eigenvalue weighted by Crippen LogP contribution is 2.32. The van der Waals surface area contributed by atoms with Crippen molar-refractivity contribution < 1.29 is 19.4 Å². The molecule has 0 unspecified atom stereocenters. The molecule has 1 aromatic rings. The number of carbonyl (C=O) groups excluding carboxylic acids is 2. The molecule has 6 heteroatoms. The van der Waals surface area contributed by atoms with Gasteiger partial charge >= 0.3 is 5.97 Å². The minimum atomic E-state index is -0.413. The second kappa shape index (κ2) is 8.44. The highest BCUT2D eigenvalue weighted by molar-refractivity contribution is 6.32. The van der Waals surface area contributed by atoms with Gasteiger partial charge in [0.2, 0.25) is 5.91 Å². The van der Waals surface area contributed by atoms with E-state index in [2.05, 4.69) is 5.32 Å². The van der Waals surface area contributed by atoms with Gasteiger partial charge in [0.15, 0.2) is 0 Å². The second-order valence-electron chi connectivity index (χ2n) is 4.67. The quantitative estimate of drug-likeness (QED) is 0.788. The lowest BCUT2D eigenvalue weighted by Crippen LogP contribution is -2.21. The van der Waals surface area contributed by atoms with Crippen molar-refractivity contribution in [2.24, 2.45) is 0 Å². The number of halogens is 1. The molecule has 0 fully saturated rings. The number of carbonyl (C=O) groups is 2. The maximum atomic E-state index is 11.7. The number of phenolic OH excluding ortho intramolecular Hbond substituents is 1. The molecule has 0 heterocycles. The molecular formula is C16H20ClNO4. The summed E-state index contributed by atoms with van der Waals surface area (Å²) >= 11 is 5.96. The summed E-state index contributed by atoms with van der Waals surface area (Å²) in [4.78, 5) is 23.1. The molecule has 1 amide bonds. The Bertz CT molecular complexity index is 596. The SMILES string of the molecule is CCOC(=O)CC=C(NC(=O)CC)c1cc(C)cc(Cl)c1O. The number of hydrogen-bond acceptors (Lipinski definition) is 4. The van der Waals surface area contributed by atoms with E-state index in [0.29, 0.717) is 11.3 Å². The lowest BCUT2D eigenvalue weighted by atomic mass is 10.1. The van der Waals surface area contributed by atoms with Gasteiger partial charge in [-0.3, -0.25) is 9.59 Å². The molecule has 5 nitrogen and oxygen atoms in total. The van der Waals surface area contributed by atoms with E-state index in [9.17, 15) is 14.7 Å². The van der Waals surface area contributed by atoms with Crippen LogP contribution in [0.25, 0.3) is 5.70 Å². The molecule has 2 N–H and O–H groups in total. The highest BCUT2D eigenvalue weighted by Gasteiger charge is 2.14. The number of rotatable bonds is 6. The van der Waals surface area contributed by atoms with E-state index in [-0.39, 0.29) is 36.1 Å². The molecule has 120 valence electrons. The first kappa shape index (κ1) is 18.0. The number of nitrogens with one attached hydrogen (secondary N) is 1. The number of aromatic hydroxyl groups is 1. The van der Waals surface area contributed by atoms with Gasteiger partial charge < -0.3 is 15.2 Å². The fourth-order valence-electron chi connectivity index (χ4n) is 1.81. The third-order valence-electron chi connectivity index (χ3n) is 2.87. The number of esters is 1. The molecule has 22 heavy (non-hydrogen) atoms. The van der Waals surface area contributed by atoms with Gasteiger partial charge in [0.1, 0.15) is 5.75 Å². The van der Waals surface area contributed by atoms with Crippen molar-refractivity contribution >= 4 is 29.2 Å². The summed E-state index contributed by atoms with van der Waals surface area (Å²) in [6.07, 6.45) is 1.77. The van der Waals surface area contributed by atoms with Crippen molar-refractivity contribution in [3.8, 4) is 5.75 Å². The maximum absolute atomic E-state index is 11.7. The lowest BCUT2D eigenvalue weighted by Gasteiger charge is -2.13. The van der Waals surface area contributed by atoms with E-state index in [4.69, 9.17) is 16.3 Å². The molecule has 0 atom stereocenters. The number of ether oxygens (including phenoxy) is 1. The number of benzene rings is 1. The molecule has 0 saturated carbocycles. The average molecular weight is 326 g/mol. The lowest BCUT2D eigenvalue weighted by molar-refractivity contribution is -0.142. The van der Waals surface area contributed by atoms with Gasteiger partial charge in [0.05, 0.1) is 18.1 Å². The molecule has 0 aromatic heterocycles. The van der Waals surface area contributed by atoms with Crippen molar-refractivity contribution in [1.82, 2.24) is 5.32 Å². The Morgan fingerprint density at radius 3 is 2.64 bits per heavy atom. The zero-order valence-corrected chi connectivity index (χ0v) is 13.7. The molecule has 0 aliphatic rings. The van der Waals surface area contributed by atoms with Crippen molar-refractivity contribution in [1.29, 1.82) is 0 Å². The minimum absolute atomic E-state index is 0.0157. The van der Waals surface area contributed by atoms with Gasteiger partial charge in [-0.2, -0.15) is 0 Å². The second-order valence-corrected chi connectivity index (χ2v) is 5.08. The van der Waals surface area contributed by atoms with Gasteiger partial charge in [-0.1, -0.05) is 18.5 Å². The molecule has 0 aliphatic carbocycles. The molecule has 1 aromatic carbocycles. The summed E-state index contributed by atoms with van der Waals surface area (Å²) in [5, 5.41) is 13.0. The zero-order valence-electron chi connectivity index (χ0n) is 12.9. The van der Waals surface area contributed by atoms with Crippen molar-refractivity contribution in [2.45, 2.75) is 33.6 Å². The normalized spacial score (nSPS) is 11.2. The summed E-state index contributed by atoms with van der Waals surface area (Å²) in [6.45, 7) is 5.53. The van der Waals surface area contributed by atoms with E-state index in [0.717, 1.165) is 5.56 Å². The summed E-state index contributed by atoms with van der Waals surface area (Å²) in [7, 11) is 0. The van der Waals surface area contributed by atoms with Gasteiger partial charge in [-0.25, -0.2) is 0 Å². The number of amides is 1. The van der Waals surface area contributed by atoms with Gasteiger partial charge in [-0.05, 0) is 37.6 Å². The number of aryl methyl sites for hydroxylation is 1. The van der Waals surface area contributed by atoms with E-state index in [1.807, 2.05) is 6.92 Å². The van der Waals surface area contributed by atoms with E-state index in [1.54, 1.807) is 26.0 Å². The molecular weight excluding hydrogens is 306 g/mol. The Balaban J connectivity index is 3.17. The monoisotopic (exact) mass is 325 g/mol. The van der Waals surface area contributed by atoms with Crippen LogP contribution in [0.4, 0.5) is 0 Å². The first-order chi connectivity index (χ1) is 10.4. The maximum Gasteiger partial charge on any atom is 0.309 e. The van der Waals surface area contributed by atoms with Crippen molar-refractivity contribution in [3.63, 3.8) is 0 Å². The summed E-state index contributed by atoms with van der Waals surface area (Å²) in [6, 6.07) is 3.30. The summed E-state index contributed by atoms with van der Waals surface area (Å²) < 4.78 is 4.85. The van der Waals surface area contributed by atoms with Crippen LogP contribution in [-0.4, -0.2) is 23.6 Å². The van der Waals surface area contributed by atoms with Crippen LogP contribution in [0.15, 0.2) is 18.2 Å². The predicted molar refractivity (Wildman–Crippen MR) is 85.5 cm³/mol. The van der Waals surface area contributed by atoms with Crippen LogP contribution in [0.2, 0.25) is 5.02 Å². The zero-order chi connectivity index (χ0) is 16.7. The van der Waals surface area contributed by atoms with Crippen LogP contribution < -0.4 is 5.32 Å². The standard InChI is InChI=1S/C16H20ClNO4/c1-4-14(19)18-13(6-7-15(20)22-5-2)11-8-10(3)9-12(17)16(11)21/h6,8-9,21H,4-5,7H2,1-3H3,(H,18,19). The average Bonchev–Trinajstić information content (AvgIpc) is 2.47. The fraction of sp³-hybridized carbons (Fsp3) is 0.375. The number of hydrogen-bond donors (Lipinski definition) is 2. The summed E-state index contributed by atoms with van der Waals surface area (Å²) in [5.74, 6) is -0.782. The van der Waals surface area contributed by atoms with Crippen molar-refractivity contribution in [3.05, 3.63) is 34.4 Å².